The first-order valence-corrected chi connectivity index (χ1v) is 7.64. The minimum atomic E-state index is -0.453. The molecule has 5 nitrogen and oxygen atoms in total. The van der Waals surface area contributed by atoms with Crippen molar-refractivity contribution in [2.24, 2.45) is 0 Å². The van der Waals surface area contributed by atoms with Crippen molar-refractivity contribution in [2.75, 3.05) is 25.5 Å². The molecule has 0 radical (unpaired) electrons. The van der Waals surface area contributed by atoms with E-state index < -0.39 is 11.8 Å². The first-order valence-electron chi connectivity index (χ1n) is 7.64. The van der Waals surface area contributed by atoms with Crippen molar-refractivity contribution in [3.05, 3.63) is 53.0 Å². The van der Waals surface area contributed by atoms with Crippen LogP contribution in [0.15, 0.2) is 41.6 Å². The number of carbonyl (C=O) groups excluding carboxylic acids is 1. The summed E-state index contributed by atoms with van der Waals surface area (Å²) in [5.74, 6) is -0.870. The highest BCUT2D eigenvalue weighted by Crippen LogP contribution is 2.22. The Kier molecular flexibility index (Phi) is 4.62. The summed E-state index contributed by atoms with van der Waals surface area (Å²) >= 11 is 0. The maximum absolute atomic E-state index is 14.1. The number of benzene rings is 1. The van der Waals surface area contributed by atoms with Gasteiger partial charge in [0.2, 0.25) is 0 Å². The summed E-state index contributed by atoms with van der Waals surface area (Å²) in [6.45, 7) is 1.86. The average molecular weight is 317 g/mol. The van der Waals surface area contributed by atoms with Crippen molar-refractivity contribution >= 4 is 11.7 Å². The predicted molar refractivity (Wildman–Crippen MR) is 86.3 cm³/mol. The van der Waals surface area contributed by atoms with E-state index in [2.05, 4.69) is 26.8 Å². The molecule has 3 N–H and O–H groups in total. The van der Waals surface area contributed by atoms with Crippen molar-refractivity contribution < 1.29 is 13.9 Å². The molecule has 2 aliphatic rings. The molecule has 3 rings (SSSR count). The van der Waals surface area contributed by atoms with Gasteiger partial charge in [-0.05, 0) is 47.9 Å². The minimum Gasteiger partial charge on any atom is -0.469 e. The van der Waals surface area contributed by atoms with Crippen LogP contribution in [0.1, 0.15) is 12.0 Å². The van der Waals surface area contributed by atoms with E-state index in [9.17, 15) is 9.18 Å². The number of halogens is 1. The lowest BCUT2D eigenvalue weighted by atomic mass is 9.97. The number of carbonyl (C=O) groups is 1. The molecule has 23 heavy (non-hydrogen) atoms. The van der Waals surface area contributed by atoms with Gasteiger partial charge in [0, 0.05) is 18.4 Å². The fraction of sp³-hybridized carbons (Fsp3) is 0.353. The number of hydrogen-bond acceptors (Lipinski definition) is 5. The number of rotatable bonds is 4. The van der Waals surface area contributed by atoms with Crippen LogP contribution in [0.25, 0.3) is 0 Å². The number of fused-ring (bicyclic) bond motifs is 1. The first-order chi connectivity index (χ1) is 11.2. The third-order valence-corrected chi connectivity index (χ3v) is 4.04. The molecule has 0 bridgehead atoms. The standard InChI is InChI=1S/C17H20FN3O2/c1-23-17(22)7-11-2-3-14(8-15(11)18)21-16-6-13-9-19-5-4-12(13)10-20-16/h2-3,6,8,10,16,19-21H,4-5,7,9H2,1H3. The van der Waals surface area contributed by atoms with Gasteiger partial charge in [0.1, 0.15) is 12.0 Å². The number of anilines is 1. The van der Waals surface area contributed by atoms with E-state index >= 15 is 0 Å². The fourth-order valence-corrected chi connectivity index (χ4v) is 2.76. The number of dihydropyridines is 1. The Balaban J connectivity index is 1.67. The number of nitrogens with one attached hydrogen (secondary N) is 3. The second-order valence-electron chi connectivity index (χ2n) is 5.64. The van der Waals surface area contributed by atoms with Crippen LogP contribution in [-0.2, 0) is 16.0 Å². The number of piperidine rings is 1. The molecule has 1 fully saturated rings. The van der Waals surface area contributed by atoms with E-state index in [-0.39, 0.29) is 12.6 Å². The Labute approximate surface area is 134 Å². The highest BCUT2D eigenvalue weighted by molar-refractivity contribution is 5.72. The first kappa shape index (κ1) is 15.6. The maximum Gasteiger partial charge on any atom is 0.310 e. The van der Waals surface area contributed by atoms with Crippen LogP contribution in [0.4, 0.5) is 10.1 Å². The van der Waals surface area contributed by atoms with Crippen LogP contribution in [0.2, 0.25) is 0 Å². The lowest BCUT2D eigenvalue weighted by Crippen LogP contribution is -2.37. The van der Waals surface area contributed by atoms with Gasteiger partial charge in [-0.1, -0.05) is 6.07 Å². The second-order valence-corrected chi connectivity index (χ2v) is 5.64. The van der Waals surface area contributed by atoms with E-state index in [1.807, 2.05) is 6.20 Å². The van der Waals surface area contributed by atoms with E-state index in [0.717, 1.165) is 19.5 Å². The van der Waals surface area contributed by atoms with Crippen LogP contribution in [0.3, 0.4) is 0 Å². The lowest BCUT2D eigenvalue weighted by molar-refractivity contribution is -0.139. The highest BCUT2D eigenvalue weighted by Gasteiger charge is 2.18. The number of methoxy groups -OCH3 is 1. The zero-order valence-corrected chi connectivity index (χ0v) is 13.0. The molecule has 1 aromatic carbocycles. The SMILES string of the molecule is COC(=O)Cc1ccc(NC2C=C3CNCCC3=CN2)cc1F. The molecular weight excluding hydrogens is 297 g/mol. The van der Waals surface area contributed by atoms with Crippen LogP contribution in [0, 0.1) is 5.82 Å². The molecule has 2 aliphatic heterocycles. The quantitative estimate of drug-likeness (QED) is 0.738. The van der Waals surface area contributed by atoms with E-state index in [0.29, 0.717) is 11.3 Å². The molecule has 1 atom stereocenters. The van der Waals surface area contributed by atoms with Gasteiger partial charge in [-0.3, -0.25) is 4.79 Å². The smallest absolute Gasteiger partial charge is 0.310 e. The Morgan fingerprint density at radius 2 is 2.30 bits per heavy atom. The van der Waals surface area contributed by atoms with E-state index in [1.54, 1.807) is 12.1 Å². The molecule has 2 heterocycles. The van der Waals surface area contributed by atoms with Crippen molar-refractivity contribution in [3.63, 3.8) is 0 Å². The molecular formula is C17H20FN3O2. The molecule has 6 heteroatoms. The molecule has 122 valence electrons. The van der Waals surface area contributed by atoms with Gasteiger partial charge in [0.15, 0.2) is 0 Å². The highest BCUT2D eigenvalue weighted by atomic mass is 19.1. The van der Waals surface area contributed by atoms with Crippen LogP contribution in [0.5, 0.6) is 0 Å². The Morgan fingerprint density at radius 1 is 1.43 bits per heavy atom. The molecule has 0 spiro atoms. The normalized spacial score (nSPS) is 19.8. The van der Waals surface area contributed by atoms with Crippen LogP contribution < -0.4 is 16.0 Å². The van der Waals surface area contributed by atoms with Crippen molar-refractivity contribution in [1.82, 2.24) is 10.6 Å². The largest absolute Gasteiger partial charge is 0.469 e. The van der Waals surface area contributed by atoms with Crippen molar-refractivity contribution in [1.29, 1.82) is 0 Å². The van der Waals surface area contributed by atoms with Gasteiger partial charge in [-0.25, -0.2) is 4.39 Å². The number of esters is 1. The Morgan fingerprint density at radius 3 is 3.09 bits per heavy atom. The van der Waals surface area contributed by atoms with Gasteiger partial charge < -0.3 is 20.7 Å². The summed E-state index contributed by atoms with van der Waals surface area (Å²) in [7, 11) is 1.29. The van der Waals surface area contributed by atoms with Crippen molar-refractivity contribution in [3.8, 4) is 0 Å². The third-order valence-electron chi connectivity index (χ3n) is 4.04. The molecule has 0 aliphatic carbocycles. The zero-order chi connectivity index (χ0) is 16.2. The van der Waals surface area contributed by atoms with Gasteiger partial charge in [-0.15, -0.1) is 0 Å². The number of hydrogen-bond donors (Lipinski definition) is 3. The third kappa shape index (κ3) is 3.71. The summed E-state index contributed by atoms with van der Waals surface area (Å²) in [4.78, 5) is 11.2. The van der Waals surface area contributed by atoms with Gasteiger partial charge in [0.05, 0.1) is 13.5 Å². The maximum atomic E-state index is 14.1. The van der Waals surface area contributed by atoms with E-state index in [4.69, 9.17) is 0 Å². The second kappa shape index (κ2) is 6.83. The summed E-state index contributed by atoms with van der Waals surface area (Å²) in [6, 6.07) is 4.77. The average Bonchev–Trinajstić information content (AvgIpc) is 2.57. The van der Waals surface area contributed by atoms with Crippen LogP contribution in [-0.4, -0.2) is 32.3 Å². The topological polar surface area (TPSA) is 62.4 Å². The van der Waals surface area contributed by atoms with Gasteiger partial charge >= 0.3 is 5.97 Å². The summed E-state index contributed by atoms with van der Waals surface area (Å²) < 4.78 is 18.6. The van der Waals surface area contributed by atoms with Gasteiger partial charge in [-0.2, -0.15) is 0 Å². The van der Waals surface area contributed by atoms with Gasteiger partial charge in [0.25, 0.3) is 0 Å². The van der Waals surface area contributed by atoms with Crippen molar-refractivity contribution in [2.45, 2.75) is 19.0 Å². The molecule has 0 saturated carbocycles. The molecule has 1 unspecified atom stereocenters. The molecule has 1 aromatic rings. The monoisotopic (exact) mass is 317 g/mol. The summed E-state index contributed by atoms with van der Waals surface area (Å²) in [6.07, 6.45) is 5.01. The molecule has 1 saturated heterocycles. The molecule has 0 aromatic heterocycles. The summed E-state index contributed by atoms with van der Waals surface area (Å²) in [5, 5.41) is 9.84. The number of ether oxygens (including phenoxy) is 1. The lowest BCUT2D eigenvalue weighted by Gasteiger charge is -2.28. The molecule has 0 amide bonds. The Hall–Kier alpha value is -2.34. The predicted octanol–water partition coefficient (Wildman–Crippen LogP) is 1.69. The Bertz CT molecular complexity index is 670. The fourth-order valence-electron chi connectivity index (χ4n) is 2.76. The van der Waals surface area contributed by atoms with E-state index in [1.165, 1.54) is 24.3 Å². The van der Waals surface area contributed by atoms with Crippen LogP contribution >= 0.6 is 0 Å². The minimum absolute atomic E-state index is 0.0634. The zero-order valence-electron chi connectivity index (χ0n) is 13.0. The summed E-state index contributed by atoms with van der Waals surface area (Å²) in [5.41, 5.74) is 3.58.